The van der Waals surface area contributed by atoms with E-state index in [2.05, 4.69) is 26.2 Å². The van der Waals surface area contributed by atoms with Gasteiger partial charge in [-0.3, -0.25) is 14.2 Å². The highest BCUT2D eigenvalue weighted by Gasteiger charge is 2.50. The molecule has 2 fully saturated rings. The van der Waals surface area contributed by atoms with Crippen LogP contribution in [-0.4, -0.2) is 67.0 Å². The number of imidazole rings is 1. The van der Waals surface area contributed by atoms with E-state index in [9.17, 15) is 14.7 Å². The Balaban J connectivity index is 1.69. The Labute approximate surface area is 178 Å². The van der Waals surface area contributed by atoms with E-state index in [1.54, 1.807) is 4.57 Å². The number of aliphatic hydroxyl groups excluding tert-OH is 1. The average Bonchev–Trinajstić information content (AvgIpc) is 3.40. The summed E-state index contributed by atoms with van der Waals surface area (Å²) in [5.74, 6) is 1.75. The predicted molar refractivity (Wildman–Crippen MR) is 106 cm³/mol. The quantitative estimate of drug-likeness (QED) is 0.512. The molecule has 1 saturated heterocycles. The third-order valence-corrected chi connectivity index (χ3v) is 5.39. The van der Waals surface area contributed by atoms with E-state index < -0.39 is 42.6 Å². The lowest BCUT2D eigenvalue weighted by Crippen LogP contribution is -2.38. The predicted octanol–water partition coefficient (Wildman–Crippen LogP) is 0.546. The van der Waals surface area contributed by atoms with Crippen molar-refractivity contribution < 1.29 is 28.9 Å². The summed E-state index contributed by atoms with van der Waals surface area (Å²) in [5.41, 5.74) is 0.867. The van der Waals surface area contributed by atoms with E-state index >= 15 is 0 Å². The number of esters is 2. The molecule has 0 aromatic carbocycles. The van der Waals surface area contributed by atoms with Gasteiger partial charge in [0.25, 0.3) is 0 Å². The third kappa shape index (κ3) is 4.04. The Morgan fingerprint density at radius 2 is 1.97 bits per heavy atom. The number of carbonyl (C=O) groups excluding carboxylic acids is 2. The fraction of sp³-hybridized carbons (Fsp3) is 0.550. The van der Waals surface area contributed by atoms with Gasteiger partial charge in [0.1, 0.15) is 6.33 Å². The lowest BCUT2D eigenvalue weighted by molar-refractivity contribution is -0.165. The smallest absolute Gasteiger partial charge is 0.303 e. The summed E-state index contributed by atoms with van der Waals surface area (Å²) in [4.78, 5) is 36.3. The van der Waals surface area contributed by atoms with Crippen molar-refractivity contribution in [3.8, 4) is 12.3 Å². The first kappa shape index (κ1) is 21.0. The molecule has 11 nitrogen and oxygen atoms in total. The average molecular weight is 429 g/mol. The van der Waals surface area contributed by atoms with E-state index in [-0.39, 0.29) is 6.04 Å². The van der Waals surface area contributed by atoms with Gasteiger partial charge >= 0.3 is 11.9 Å². The van der Waals surface area contributed by atoms with Crippen molar-refractivity contribution >= 4 is 28.9 Å². The van der Waals surface area contributed by atoms with Gasteiger partial charge in [-0.2, -0.15) is 0 Å². The minimum atomic E-state index is -0.997. The van der Waals surface area contributed by atoms with Crippen LogP contribution in [-0.2, 0) is 23.8 Å². The zero-order valence-electron chi connectivity index (χ0n) is 17.1. The Hall–Kier alpha value is -3.23. The van der Waals surface area contributed by atoms with Crippen LogP contribution in [0.5, 0.6) is 0 Å². The van der Waals surface area contributed by atoms with Crippen molar-refractivity contribution in [2.75, 3.05) is 5.32 Å². The van der Waals surface area contributed by atoms with Gasteiger partial charge in [-0.25, -0.2) is 15.0 Å². The van der Waals surface area contributed by atoms with E-state index in [1.165, 1.54) is 26.5 Å². The molecule has 0 radical (unpaired) electrons. The Morgan fingerprint density at radius 1 is 1.23 bits per heavy atom. The minimum absolute atomic E-state index is 0.126. The molecular weight excluding hydrogens is 406 g/mol. The van der Waals surface area contributed by atoms with E-state index in [0.717, 1.165) is 19.3 Å². The van der Waals surface area contributed by atoms with Crippen molar-refractivity contribution in [3.63, 3.8) is 0 Å². The highest BCUT2D eigenvalue weighted by Crippen LogP contribution is 2.36. The molecule has 4 rings (SSSR count). The molecule has 31 heavy (non-hydrogen) atoms. The van der Waals surface area contributed by atoms with Crippen molar-refractivity contribution in [3.05, 3.63) is 12.7 Å². The molecule has 4 unspecified atom stereocenters. The molecule has 0 bridgehead atoms. The van der Waals surface area contributed by atoms with Gasteiger partial charge in [-0.1, -0.05) is 5.92 Å². The third-order valence-electron chi connectivity index (χ3n) is 5.39. The SMILES string of the molecule is C#CC1OC(n2cnc3c(N[C@H]4CCC[C@@H]4O)ncnc32)C(OC(C)=O)C1OC(C)=O. The summed E-state index contributed by atoms with van der Waals surface area (Å²) in [6.45, 7) is 2.48. The van der Waals surface area contributed by atoms with Gasteiger partial charge in [0.2, 0.25) is 0 Å². The lowest BCUT2D eigenvalue weighted by Gasteiger charge is -2.23. The topological polar surface area (TPSA) is 138 Å². The van der Waals surface area contributed by atoms with E-state index in [0.29, 0.717) is 17.0 Å². The Bertz CT molecular complexity index is 1030. The van der Waals surface area contributed by atoms with Crippen LogP contribution in [0, 0.1) is 12.3 Å². The van der Waals surface area contributed by atoms with Crippen molar-refractivity contribution in [2.24, 2.45) is 0 Å². The molecule has 1 saturated carbocycles. The molecule has 1 aliphatic heterocycles. The van der Waals surface area contributed by atoms with Crippen molar-refractivity contribution in [1.82, 2.24) is 19.5 Å². The highest BCUT2D eigenvalue weighted by atomic mass is 16.6. The zero-order chi connectivity index (χ0) is 22.1. The number of aliphatic hydroxyl groups is 1. The highest BCUT2D eigenvalue weighted by molar-refractivity contribution is 5.83. The number of carbonyl (C=O) groups is 2. The summed E-state index contributed by atoms with van der Waals surface area (Å²) >= 11 is 0. The van der Waals surface area contributed by atoms with Crippen LogP contribution >= 0.6 is 0 Å². The second kappa shape index (κ2) is 8.49. The Morgan fingerprint density at radius 3 is 2.61 bits per heavy atom. The van der Waals surface area contributed by atoms with Crippen LogP contribution in [0.1, 0.15) is 39.3 Å². The molecule has 2 aromatic heterocycles. The van der Waals surface area contributed by atoms with E-state index in [4.69, 9.17) is 20.6 Å². The van der Waals surface area contributed by atoms with Crippen LogP contribution in [0.4, 0.5) is 5.82 Å². The summed E-state index contributed by atoms with van der Waals surface area (Å²) in [5, 5.41) is 13.3. The number of aromatic nitrogens is 4. The fourth-order valence-corrected chi connectivity index (χ4v) is 4.06. The molecular formula is C20H23N5O6. The molecule has 2 aromatic rings. The van der Waals surface area contributed by atoms with Gasteiger partial charge in [0.05, 0.1) is 18.5 Å². The van der Waals surface area contributed by atoms with Gasteiger partial charge in [-0.15, -0.1) is 6.42 Å². The van der Waals surface area contributed by atoms with Crippen LogP contribution in [0.15, 0.2) is 12.7 Å². The van der Waals surface area contributed by atoms with Crippen LogP contribution in [0.3, 0.4) is 0 Å². The second-order valence-electron chi connectivity index (χ2n) is 7.56. The van der Waals surface area contributed by atoms with Gasteiger partial charge < -0.3 is 24.6 Å². The fourth-order valence-electron chi connectivity index (χ4n) is 4.06. The number of anilines is 1. The monoisotopic (exact) mass is 429 g/mol. The van der Waals surface area contributed by atoms with Gasteiger partial charge in [-0.05, 0) is 19.3 Å². The van der Waals surface area contributed by atoms with Crippen LogP contribution in [0.25, 0.3) is 11.2 Å². The number of hydrogen-bond donors (Lipinski definition) is 2. The largest absolute Gasteiger partial charge is 0.455 e. The summed E-state index contributed by atoms with van der Waals surface area (Å²) < 4.78 is 18.2. The summed E-state index contributed by atoms with van der Waals surface area (Å²) in [6.07, 6.45) is 6.58. The second-order valence-corrected chi connectivity index (χ2v) is 7.56. The molecule has 0 spiro atoms. The molecule has 3 heterocycles. The molecule has 2 aliphatic rings. The zero-order valence-corrected chi connectivity index (χ0v) is 17.1. The van der Waals surface area contributed by atoms with Crippen LogP contribution < -0.4 is 5.32 Å². The van der Waals surface area contributed by atoms with Crippen LogP contribution in [0.2, 0.25) is 0 Å². The standard InChI is InChI=1S/C20H23N5O6/c1-4-14-16(29-10(2)26)17(30-11(3)27)20(31-14)25-9-23-15-18(21-8-22-19(15)25)24-12-6-5-7-13(12)28/h1,8-9,12-14,16-17,20,28H,5-7H2,2-3H3,(H,21,22,24)/t12-,13-,14?,16?,17?,20?/m0/s1. The normalized spacial score (nSPS) is 30.1. The Kier molecular flexibility index (Phi) is 5.75. The van der Waals surface area contributed by atoms with E-state index in [1.807, 2.05) is 0 Å². The number of nitrogens with one attached hydrogen (secondary N) is 1. The first-order valence-corrected chi connectivity index (χ1v) is 9.97. The number of fused-ring (bicyclic) bond motifs is 1. The number of rotatable bonds is 5. The van der Waals surface area contributed by atoms with Gasteiger partial charge in [0.15, 0.2) is 41.5 Å². The number of hydrogen-bond acceptors (Lipinski definition) is 10. The maximum Gasteiger partial charge on any atom is 0.303 e. The molecule has 164 valence electrons. The summed E-state index contributed by atoms with van der Waals surface area (Å²) in [7, 11) is 0. The van der Waals surface area contributed by atoms with Crippen molar-refractivity contribution in [2.45, 2.75) is 69.8 Å². The maximum atomic E-state index is 11.7. The molecule has 6 atom stereocenters. The molecule has 1 aliphatic carbocycles. The minimum Gasteiger partial charge on any atom is -0.455 e. The summed E-state index contributed by atoms with van der Waals surface area (Å²) in [6, 6.07) is -0.126. The van der Waals surface area contributed by atoms with Gasteiger partial charge in [0, 0.05) is 13.8 Å². The number of nitrogens with zero attached hydrogens (tertiary/aromatic N) is 4. The number of terminal acetylenes is 1. The molecule has 11 heteroatoms. The molecule has 0 amide bonds. The number of ether oxygens (including phenoxy) is 3. The first-order chi connectivity index (χ1) is 14.9. The first-order valence-electron chi connectivity index (χ1n) is 9.97. The molecule has 2 N–H and O–H groups in total. The van der Waals surface area contributed by atoms with Crippen molar-refractivity contribution in [1.29, 1.82) is 0 Å². The lowest BCUT2D eigenvalue weighted by atomic mass is 10.1. The maximum absolute atomic E-state index is 11.7.